The quantitative estimate of drug-likeness (QED) is 0.577. The van der Waals surface area contributed by atoms with Gasteiger partial charge in [-0.1, -0.05) is 6.07 Å². The van der Waals surface area contributed by atoms with Crippen molar-refractivity contribution in [2.75, 3.05) is 10.6 Å². The molecule has 0 radical (unpaired) electrons. The van der Waals surface area contributed by atoms with Crippen LogP contribution >= 0.6 is 0 Å². The first-order valence-electron chi connectivity index (χ1n) is 7.67. The molecule has 0 bridgehead atoms. The summed E-state index contributed by atoms with van der Waals surface area (Å²) < 4.78 is 2.04. The van der Waals surface area contributed by atoms with Gasteiger partial charge in [-0.05, 0) is 48.5 Å². The summed E-state index contributed by atoms with van der Waals surface area (Å²) in [6, 6.07) is 17.0. The molecule has 2 amide bonds. The molecule has 2 N–H and O–H groups in total. The molecule has 0 atom stereocenters. The lowest BCUT2D eigenvalue weighted by Crippen LogP contribution is -2.19. The van der Waals surface area contributed by atoms with Gasteiger partial charge in [0.2, 0.25) is 0 Å². The average molecular weight is 316 g/mol. The summed E-state index contributed by atoms with van der Waals surface area (Å²) >= 11 is 0. The first kappa shape index (κ1) is 14.3. The first-order valence-corrected chi connectivity index (χ1v) is 7.67. The molecule has 2 aromatic heterocycles. The van der Waals surface area contributed by atoms with Crippen LogP contribution in [0.2, 0.25) is 0 Å². The van der Waals surface area contributed by atoms with E-state index in [4.69, 9.17) is 0 Å². The average Bonchev–Trinajstić information content (AvgIpc) is 2.96. The molecular weight excluding hydrogens is 300 g/mol. The Morgan fingerprint density at radius 3 is 2.88 bits per heavy atom. The predicted molar refractivity (Wildman–Crippen MR) is 97.3 cm³/mol. The number of carbonyl (C=O) groups excluding carboxylic acids is 1. The molecule has 0 fully saturated rings. The summed E-state index contributed by atoms with van der Waals surface area (Å²) in [7, 11) is 2.00. The van der Waals surface area contributed by atoms with Gasteiger partial charge in [-0.2, -0.15) is 0 Å². The van der Waals surface area contributed by atoms with Crippen LogP contribution in [0.3, 0.4) is 0 Å². The van der Waals surface area contributed by atoms with E-state index in [1.54, 1.807) is 6.20 Å². The highest BCUT2D eigenvalue weighted by Gasteiger charge is 2.07. The number of aromatic nitrogens is 2. The monoisotopic (exact) mass is 316 g/mol. The summed E-state index contributed by atoms with van der Waals surface area (Å²) in [5, 5.41) is 7.77. The molecule has 2 aromatic carbocycles. The van der Waals surface area contributed by atoms with Crippen molar-refractivity contribution in [3.63, 3.8) is 0 Å². The topological polar surface area (TPSA) is 59.0 Å². The van der Waals surface area contributed by atoms with Crippen molar-refractivity contribution in [3.05, 3.63) is 67.0 Å². The molecule has 2 heterocycles. The van der Waals surface area contributed by atoms with Crippen molar-refractivity contribution < 1.29 is 4.79 Å². The van der Waals surface area contributed by atoms with Crippen LogP contribution < -0.4 is 10.6 Å². The third kappa shape index (κ3) is 2.56. The highest BCUT2D eigenvalue weighted by Crippen LogP contribution is 2.22. The number of amides is 2. The number of pyridine rings is 1. The summed E-state index contributed by atoms with van der Waals surface area (Å²) in [5.74, 6) is 0. The Morgan fingerprint density at radius 2 is 1.96 bits per heavy atom. The number of anilines is 2. The maximum Gasteiger partial charge on any atom is 0.323 e. The molecule has 0 aliphatic rings. The van der Waals surface area contributed by atoms with Gasteiger partial charge in [-0.25, -0.2) is 4.79 Å². The van der Waals surface area contributed by atoms with Gasteiger partial charge in [0.25, 0.3) is 0 Å². The highest BCUT2D eigenvalue weighted by atomic mass is 16.2. The van der Waals surface area contributed by atoms with E-state index >= 15 is 0 Å². The van der Waals surface area contributed by atoms with Crippen LogP contribution in [0, 0.1) is 0 Å². The van der Waals surface area contributed by atoms with Gasteiger partial charge >= 0.3 is 6.03 Å². The second-order valence-electron chi connectivity index (χ2n) is 5.66. The first-order chi connectivity index (χ1) is 11.7. The highest BCUT2D eigenvalue weighted by molar-refractivity contribution is 6.06. The van der Waals surface area contributed by atoms with E-state index in [1.807, 2.05) is 72.4 Å². The fourth-order valence-electron chi connectivity index (χ4n) is 2.86. The molecule has 118 valence electrons. The second kappa shape index (κ2) is 5.70. The Kier molecular flexibility index (Phi) is 3.39. The fraction of sp³-hybridized carbons (Fsp3) is 0.0526. The molecular formula is C19H16N4O. The normalized spacial score (nSPS) is 10.9. The smallest absolute Gasteiger partial charge is 0.323 e. The zero-order valence-corrected chi connectivity index (χ0v) is 13.2. The van der Waals surface area contributed by atoms with Crippen LogP contribution in [-0.4, -0.2) is 15.6 Å². The Balaban J connectivity index is 1.57. The van der Waals surface area contributed by atoms with E-state index in [0.29, 0.717) is 0 Å². The van der Waals surface area contributed by atoms with E-state index in [9.17, 15) is 4.79 Å². The largest absolute Gasteiger partial charge is 0.351 e. The third-order valence-corrected chi connectivity index (χ3v) is 4.04. The lowest BCUT2D eigenvalue weighted by Gasteiger charge is -2.10. The zero-order valence-electron chi connectivity index (χ0n) is 13.2. The number of carbonyl (C=O) groups is 1. The molecule has 4 rings (SSSR count). The number of aryl methyl sites for hydroxylation is 1. The van der Waals surface area contributed by atoms with Crippen LogP contribution in [0.5, 0.6) is 0 Å². The van der Waals surface area contributed by atoms with Gasteiger partial charge in [0.15, 0.2) is 0 Å². The summed E-state index contributed by atoms with van der Waals surface area (Å²) in [6.45, 7) is 0. The van der Waals surface area contributed by atoms with Crippen LogP contribution in [0.4, 0.5) is 16.2 Å². The molecule has 0 aliphatic carbocycles. The number of hydrogen-bond donors (Lipinski definition) is 2. The van der Waals surface area contributed by atoms with E-state index < -0.39 is 0 Å². The van der Waals surface area contributed by atoms with Crippen LogP contribution in [0.1, 0.15) is 0 Å². The van der Waals surface area contributed by atoms with Crippen molar-refractivity contribution in [2.45, 2.75) is 0 Å². The van der Waals surface area contributed by atoms with Gasteiger partial charge in [-0.3, -0.25) is 4.98 Å². The van der Waals surface area contributed by atoms with Gasteiger partial charge in [0.1, 0.15) is 0 Å². The van der Waals surface area contributed by atoms with Crippen LogP contribution in [0.15, 0.2) is 67.0 Å². The predicted octanol–water partition coefficient (Wildman–Crippen LogP) is 4.37. The van der Waals surface area contributed by atoms with Crippen molar-refractivity contribution in [3.8, 4) is 0 Å². The molecule has 0 saturated heterocycles. The number of fused-ring (bicyclic) bond motifs is 2. The molecule has 0 unspecified atom stereocenters. The summed E-state index contributed by atoms with van der Waals surface area (Å²) in [6.07, 6.45) is 3.74. The van der Waals surface area contributed by atoms with Gasteiger partial charge in [0.05, 0.1) is 11.2 Å². The third-order valence-electron chi connectivity index (χ3n) is 4.04. The SMILES string of the molecule is Cn1ccc2cc(NC(=O)Nc3cccc4ncccc34)ccc21. The minimum absolute atomic E-state index is 0.276. The van der Waals surface area contributed by atoms with Gasteiger partial charge in [-0.15, -0.1) is 0 Å². The summed E-state index contributed by atoms with van der Waals surface area (Å²) in [4.78, 5) is 16.6. The molecule has 0 spiro atoms. The maximum atomic E-state index is 12.3. The standard InChI is InChI=1S/C19H16N4O/c1-23-11-9-13-12-14(7-8-18(13)23)21-19(24)22-17-6-2-5-16-15(17)4-3-10-20-16/h2-12H,1H3,(H2,21,22,24). The van der Waals surface area contributed by atoms with Gasteiger partial charge in [0, 0.05) is 41.4 Å². The van der Waals surface area contributed by atoms with Crippen molar-refractivity contribution in [2.24, 2.45) is 7.05 Å². The molecule has 4 aromatic rings. The number of nitrogens with zero attached hydrogens (tertiary/aromatic N) is 2. The second-order valence-corrected chi connectivity index (χ2v) is 5.66. The minimum atomic E-state index is -0.276. The van der Waals surface area contributed by atoms with Crippen molar-refractivity contribution >= 4 is 39.2 Å². The van der Waals surface area contributed by atoms with Crippen LogP contribution in [0.25, 0.3) is 21.8 Å². The number of rotatable bonds is 2. The Bertz CT molecular complexity index is 1050. The number of nitrogens with one attached hydrogen (secondary N) is 2. The molecule has 0 saturated carbocycles. The van der Waals surface area contributed by atoms with E-state index in [0.717, 1.165) is 33.2 Å². The molecule has 5 heteroatoms. The Labute approximate surface area is 138 Å². The lowest BCUT2D eigenvalue weighted by molar-refractivity contribution is 0.262. The molecule has 0 aliphatic heterocycles. The molecule has 5 nitrogen and oxygen atoms in total. The van der Waals surface area contributed by atoms with Crippen molar-refractivity contribution in [1.82, 2.24) is 9.55 Å². The van der Waals surface area contributed by atoms with E-state index in [2.05, 4.69) is 15.6 Å². The number of benzene rings is 2. The van der Waals surface area contributed by atoms with Gasteiger partial charge < -0.3 is 15.2 Å². The number of hydrogen-bond acceptors (Lipinski definition) is 2. The Hall–Kier alpha value is -3.34. The van der Waals surface area contributed by atoms with Crippen molar-refractivity contribution in [1.29, 1.82) is 0 Å². The Morgan fingerprint density at radius 1 is 1.04 bits per heavy atom. The fourth-order valence-corrected chi connectivity index (χ4v) is 2.86. The van der Waals surface area contributed by atoms with Crippen LogP contribution in [-0.2, 0) is 7.05 Å². The minimum Gasteiger partial charge on any atom is -0.351 e. The number of urea groups is 1. The van der Waals surface area contributed by atoms with E-state index in [-0.39, 0.29) is 6.03 Å². The zero-order chi connectivity index (χ0) is 16.5. The maximum absolute atomic E-state index is 12.3. The lowest BCUT2D eigenvalue weighted by atomic mass is 10.2. The molecule has 24 heavy (non-hydrogen) atoms. The van der Waals surface area contributed by atoms with E-state index in [1.165, 1.54) is 0 Å². The summed E-state index contributed by atoms with van der Waals surface area (Å²) in [5.41, 5.74) is 3.46.